The van der Waals surface area contributed by atoms with Crippen LogP contribution in [0.25, 0.3) is 0 Å². The Morgan fingerprint density at radius 2 is 1.75 bits per heavy atom. The standard InChI is InChI=1S/C23H24N2O3/c1-27-21-12-7-11-19(14-21)22(25-26)16-24-15-20-10-5-6-13-23(20)28-17-18-8-3-2-4-9-18/h2-14,22,24H,15-17H2,1H3. The summed E-state index contributed by atoms with van der Waals surface area (Å²) < 4.78 is 11.2. The lowest BCUT2D eigenvalue weighted by Crippen LogP contribution is -2.20. The average Bonchev–Trinajstić information content (AvgIpc) is 2.76. The minimum Gasteiger partial charge on any atom is -0.497 e. The maximum atomic E-state index is 11.3. The molecule has 0 aromatic heterocycles. The molecule has 3 aromatic rings. The molecule has 3 rings (SSSR count). The molecule has 0 aliphatic heterocycles. The van der Waals surface area contributed by atoms with E-state index in [0.29, 0.717) is 25.4 Å². The zero-order valence-electron chi connectivity index (χ0n) is 15.9. The third-order valence-electron chi connectivity index (χ3n) is 4.47. The molecule has 0 heterocycles. The van der Waals surface area contributed by atoms with Crippen LogP contribution in [0.3, 0.4) is 0 Å². The van der Waals surface area contributed by atoms with Gasteiger partial charge in [0.25, 0.3) is 0 Å². The Hall–Kier alpha value is -3.18. The number of nitroso groups, excluding NO2 is 1. The minimum absolute atomic E-state index is 0.434. The van der Waals surface area contributed by atoms with Crippen molar-refractivity contribution in [2.45, 2.75) is 19.2 Å². The molecule has 0 radical (unpaired) electrons. The second-order valence-electron chi connectivity index (χ2n) is 6.41. The minimum atomic E-state index is -0.479. The molecule has 5 nitrogen and oxygen atoms in total. The van der Waals surface area contributed by atoms with E-state index in [0.717, 1.165) is 22.4 Å². The highest BCUT2D eigenvalue weighted by molar-refractivity contribution is 5.34. The van der Waals surface area contributed by atoms with Crippen LogP contribution in [0.4, 0.5) is 0 Å². The second-order valence-corrected chi connectivity index (χ2v) is 6.41. The molecule has 1 N–H and O–H groups in total. The molecule has 0 fully saturated rings. The van der Waals surface area contributed by atoms with E-state index in [2.05, 4.69) is 10.5 Å². The Kier molecular flexibility index (Phi) is 7.15. The van der Waals surface area contributed by atoms with Gasteiger partial charge in [0.15, 0.2) is 0 Å². The van der Waals surface area contributed by atoms with E-state index in [9.17, 15) is 4.91 Å². The van der Waals surface area contributed by atoms with Gasteiger partial charge in [-0.2, -0.15) is 4.91 Å². The van der Waals surface area contributed by atoms with Crippen molar-refractivity contribution in [3.63, 3.8) is 0 Å². The molecule has 0 aliphatic rings. The van der Waals surface area contributed by atoms with Crippen LogP contribution in [0, 0.1) is 4.91 Å². The smallest absolute Gasteiger partial charge is 0.129 e. The normalized spacial score (nSPS) is 11.6. The highest BCUT2D eigenvalue weighted by Gasteiger charge is 2.13. The van der Waals surface area contributed by atoms with Gasteiger partial charge in [-0.05, 0) is 29.3 Å². The van der Waals surface area contributed by atoms with Gasteiger partial charge in [-0.25, -0.2) is 0 Å². The summed E-state index contributed by atoms with van der Waals surface area (Å²) >= 11 is 0. The van der Waals surface area contributed by atoms with Gasteiger partial charge in [0.05, 0.1) is 7.11 Å². The Morgan fingerprint density at radius 1 is 0.964 bits per heavy atom. The summed E-state index contributed by atoms with van der Waals surface area (Å²) in [7, 11) is 1.60. The van der Waals surface area contributed by atoms with Crippen LogP contribution < -0.4 is 14.8 Å². The van der Waals surface area contributed by atoms with Crippen LogP contribution in [0.15, 0.2) is 84.0 Å². The topological polar surface area (TPSA) is 59.9 Å². The van der Waals surface area contributed by atoms with Crippen molar-refractivity contribution >= 4 is 0 Å². The van der Waals surface area contributed by atoms with Gasteiger partial charge in [0.2, 0.25) is 0 Å². The predicted molar refractivity (Wildman–Crippen MR) is 110 cm³/mol. The van der Waals surface area contributed by atoms with Crippen molar-refractivity contribution < 1.29 is 9.47 Å². The fourth-order valence-electron chi connectivity index (χ4n) is 2.93. The summed E-state index contributed by atoms with van der Waals surface area (Å²) in [5.74, 6) is 1.54. The van der Waals surface area contributed by atoms with Crippen molar-refractivity contribution in [3.05, 3.63) is 100 Å². The van der Waals surface area contributed by atoms with Gasteiger partial charge < -0.3 is 14.8 Å². The van der Waals surface area contributed by atoms with Gasteiger partial charge in [-0.15, -0.1) is 0 Å². The Morgan fingerprint density at radius 3 is 2.54 bits per heavy atom. The van der Waals surface area contributed by atoms with E-state index in [1.54, 1.807) is 7.11 Å². The van der Waals surface area contributed by atoms with Gasteiger partial charge in [0, 0.05) is 18.7 Å². The molecule has 1 unspecified atom stereocenters. The third kappa shape index (κ3) is 5.41. The van der Waals surface area contributed by atoms with E-state index in [1.165, 1.54) is 0 Å². The lowest BCUT2D eigenvalue weighted by Gasteiger charge is -2.14. The zero-order valence-corrected chi connectivity index (χ0v) is 15.9. The van der Waals surface area contributed by atoms with Crippen molar-refractivity contribution in [3.8, 4) is 11.5 Å². The van der Waals surface area contributed by atoms with Crippen molar-refractivity contribution in [2.75, 3.05) is 13.7 Å². The fraction of sp³-hybridized carbons (Fsp3) is 0.217. The zero-order chi connectivity index (χ0) is 19.6. The molecule has 0 spiro atoms. The van der Waals surface area contributed by atoms with Crippen molar-refractivity contribution in [2.24, 2.45) is 5.18 Å². The largest absolute Gasteiger partial charge is 0.497 e. The predicted octanol–water partition coefficient (Wildman–Crippen LogP) is 4.87. The molecule has 0 amide bonds. The van der Waals surface area contributed by atoms with Gasteiger partial charge in [-0.3, -0.25) is 0 Å². The lowest BCUT2D eigenvalue weighted by molar-refractivity contribution is 0.302. The Bertz CT molecular complexity index is 884. The summed E-state index contributed by atoms with van der Waals surface area (Å²) in [5, 5.41) is 6.58. The average molecular weight is 376 g/mol. The molecule has 3 aromatic carbocycles. The van der Waals surface area contributed by atoms with Crippen molar-refractivity contribution in [1.29, 1.82) is 0 Å². The van der Waals surface area contributed by atoms with Gasteiger partial charge in [-0.1, -0.05) is 65.8 Å². The quantitative estimate of drug-likeness (QED) is 0.513. The number of nitrogens with one attached hydrogen (secondary N) is 1. The molecular weight excluding hydrogens is 352 g/mol. The maximum Gasteiger partial charge on any atom is 0.129 e. The summed E-state index contributed by atoms with van der Waals surface area (Å²) in [5.41, 5.74) is 2.98. The monoisotopic (exact) mass is 376 g/mol. The summed E-state index contributed by atoms with van der Waals surface area (Å²) in [4.78, 5) is 11.3. The summed E-state index contributed by atoms with van der Waals surface area (Å²) in [6.45, 7) is 1.53. The molecule has 1 atom stereocenters. The van der Waals surface area contributed by atoms with E-state index in [4.69, 9.17) is 9.47 Å². The van der Waals surface area contributed by atoms with Crippen LogP contribution in [0.5, 0.6) is 11.5 Å². The van der Waals surface area contributed by atoms with Crippen molar-refractivity contribution in [1.82, 2.24) is 5.32 Å². The number of methoxy groups -OCH3 is 1. The first kappa shape index (κ1) is 19.6. The molecule has 0 saturated heterocycles. The lowest BCUT2D eigenvalue weighted by atomic mass is 10.1. The van der Waals surface area contributed by atoms with E-state index < -0.39 is 6.04 Å². The first-order chi connectivity index (χ1) is 13.8. The number of hydrogen-bond donors (Lipinski definition) is 1. The fourth-order valence-corrected chi connectivity index (χ4v) is 2.93. The second kappa shape index (κ2) is 10.2. The Balaban J connectivity index is 1.58. The highest BCUT2D eigenvalue weighted by Crippen LogP contribution is 2.23. The van der Waals surface area contributed by atoms with Gasteiger partial charge >= 0.3 is 0 Å². The van der Waals surface area contributed by atoms with E-state index in [1.807, 2.05) is 78.9 Å². The SMILES string of the molecule is COc1cccc(C(CNCc2ccccc2OCc2ccccc2)N=O)c1. The highest BCUT2D eigenvalue weighted by atomic mass is 16.5. The molecular formula is C23H24N2O3. The van der Waals surface area contributed by atoms with Crippen LogP contribution in [0.2, 0.25) is 0 Å². The number of nitrogens with zero attached hydrogens (tertiary/aromatic N) is 1. The van der Waals surface area contributed by atoms with E-state index >= 15 is 0 Å². The molecule has 144 valence electrons. The first-order valence-electron chi connectivity index (χ1n) is 9.22. The van der Waals surface area contributed by atoms with Crippen LogP contribution in [-0.2, 0) is 13.2 Å². The summed E-state index contributed by atoms with van der Waals surface area (Å²) in [6, 6.07) is 24.9. The number of para-hydroxylation sites is 1. The number of benzene rings is 3. The molecule has 28 heavy (non-hydrogen) atoms. The molecule has 0 saturated carbocycles. The number of rotatable bonds is 10. The Labute approximate surface area is 165 Å². The van der Waals surface area contributed by atoms with Crippen LogP contribution in [0.1, 0.15) is 22.7 Å². The third-order valence-corrected chi connectivity index (χ3v) is 4.47. The van der Waals surface area contributed by atoms with Gasteiger partial charge in [0.1, 0.15) is 24.1 Å². The molecule has 0 aliphatic carbocycles. The summed E-state index contributed by atoms with van der Waals surface area (Å²) in [6.07, 6.45) is 0. The van der Waals surface area contributed by atoms with E-state index in [-0.39, 0.29) is 0 Å². The maximum absolute atomic E-state index is 11.3. The molecule has 5 heteroatoms. The number of hydrogen-bond acceptors (Lipinski definition) is 5. The molecule has 0 bridgehead atoms. The number of ether oxygens (including phenoxy) is 2. The van der Waals surface area contributed by atoms with Crippen LogP contribution in [-0.4, -0.2) is 13.7 Å². The van der Waals surface area contributed by atoms with Crippen LogP contribution >= 0.6 is 0 Å². The first-order valence-corrected chi connectivity index (χ1v) is 9.22.